The Morgan fingerprint density at radius 2 is 2.06 bits per heavy atom. The molecule has 8 heteroatoms. The molecule has 3 rings (SSSR count). The van der Waals surface area contributed by atoms with E-state index in [1.54, 1.807) is 31.2 Å². The molecular formula is C25H33FN2O4S. The van der Waals surface area contributed by atoms with Gasteiger partial charge in [0.05, 0.1) is 6.61 Å². The first-order valence-electron chi connectivity index (χ1n) is 11.1. The lowest BCUT2D eigenvalue weighted by atomic mass is 10.0. The van der Waals surface area contributed by atoms with Gasteiger partial charge in [0.1, 0.15) is 22.6 Å². The maximum atomic E-state index is 13.6. The summed E-state index contributed by atoms with van der Waals surface area (Å²) in [6.45, 7) is 6.55. The highest BCUT2D eigenvalue weighted by Gasteiger charge is 2.38. The van der Waals surface area contributed by atoms with Crippen molar-refractivity contribution in [1.29, 1.82) is 0 Å². The number of benzene rings is 2. The van der Waals surface area contributed by atoms with Crippen LogP contribution >= 0.6 is 0 Å². The average Bonchev–Trinajstić information content (AvgIpc) is 2.76. The SMILES string of the molecule is C/C=C/c1ccc2c(c1)O[C@H](CN(C)Cc1cccc(F)c1)[C@@H](C)CN([C@@H](C)CO)S2(=O)=O. The van der Waals surface area contributed by atoms with E-state index in [0.29, 0.717) is 18.8 Å². The van der Waals surface area contributed by atoms with Crippen molar-refractivity contribution < 1.29 is 22.7 Å². The van der Waals surface area contributed by atoms with Gasteiger partial charge in [0.2, 0.25) is 10.0 Å². The highest BCUT2D eigenvalue weighted by atomic mass is 32.2. The Balaban J connectivity index is 1.96. The van der Waals surface area contributed by atoms with E-state index in [4.69, 9.17) is 4.74 Å². The summed E-state index contributed by atoms with van der Waals surface area (Å²) in [4.78, 5) is 2.14. The first-order valence-corrected chi connectivity index (χ1v) is 12.6. The number of ether oxygens (including phenoxy) is 1. The first-order chi connectivity index (χ1) is 15.6. The molecule has 180 valence electrons. The summed E-state index contributed by atoms with van der Waals surface area (Å²) in [5, 5.41) is 9.74. The van der Waals surface area contributed by atoms with Crippen LogP contribution in [0.15, 0.2) is 53.4 Å². The molecular weight excluding hydrogens is 443 g/mol. The molecule has 2 aromatic carbocycles. The van der Waals surface area contributed by atoms with Crippen LogP contribution in [0.4, 0.5) is 4.39 Å². The summed E-state index contributed by atoms with van der Waals surface area (Å²) in [7, 11) is -1.92. The minimum atomic E-state index is -3.85. The van der Waals surface area contributed by atoms with Crippen LogP contribution in [0.1, 0.15) is 31.9 Å². The fourth-order valence-corrected chi connectivity index (χ4v) is 5.90. The third-order valence-electron chi connectivity index (χ3n) is 5.88. The van der Waals surface area contributed by atoms with Gasteiger partial charge in [0, 0.05) is 31.6 Å². The third kappa shape index (κ3) is 6.00. The van der Waals surface area contributed by atoms with Crippen LogP contribution in [0.25, 0.3) is 6.08 Å². The Morgan fingerprint density at radius 1 is 1.30 bits per heavy atom. The van der Waals surface area contributed by atoms with Crippen LogP contribution in [-0.2, 0) is 16.6 Å². The van der Waals surface area contributed by atoms with Gasteiger partial charge in [0.15, 0.2) is 0 Å². The number of allylic oxidation sites excluding steroid dienone is 1. The van der Waals surface area contributed by atoms with Crippen molar-refractivity contribution in [1.82, 2.24) is 9.21 Å². The second-order valence-electron chi connectivity index (χ2n) is 8.77. The Kier molecular flexibility index (Phi) is 8.28. The Bertz CT molecular complexity index is 1090. The second-order valence-corrected chi connectivity index (χ2v) is 10.6. The van der Waals surface area contributed by atoms with Gasteiger partial charge in [-0.1, -0.05) is 37.3 Å². The number of aliphatic hydroxyl groups excluding tert-OH is 1. The number of sulfonamides is 1. The molecule has 0 spiro atoms. The van der Waals surface area contributed by atoms with E-state index in [1.165, 1.54) is 16.4 Å². The minimum Gasteiger partial charge on any atom is -0.487 e. The van der Waals surface area contributed by atoms with Crippen LogP contribution in [0.2, 0.25) is 0 Å². The number of hydrogen-bond acceptors (Lipinski definition) is 5. The summed E-state index contributed by atoms with van der Waals surface area (Å²) >= 11 is 0. The number of nitrogens with zero attached hydrogens (tertiary/aromatic N) is 2. The highest BCUT2D eigenvalue weighted by molar-refractivity contribution is 7.89. The second kappa shape index (κ2) is 10.8. The molecule has 33 heavy (non-hydrogen) atoms. The van der Waals surface area contributed by atoms with Crippen molar-refractivity contribution in [3.05, 3.63) is 65.5 Å². The molecule has 1 aliphatic rings. The monoisotopic (exact) mass is 476 g/mol. The normalized spacial score (nSPS) is 21.9. The van der Waals surface area contributed by atoms with Gasteiger partial charge in [-0.15, -0.1) is 0 Å². The summed E-state index contributed by atoms with van der Waals surface area (Å²) in [5.41, 5.74) is 1.69. The first kappa shape index (κ1) is 25.4. The van der Waals surface area contributed by atoms with Gasteiger partial charge in [-0.2, -0.15) is 4.31 Å². The standard InChI is InChI=1S/C25H33FN2O4S/c1-5-7-20-10-11-25-23(13-20)32-24(16-27(4)15-21-8-6-9-22(26)12-21)18(2)14-28(19(3)17-29)33(25,30)31/h5-13,18-19,24,29H,14-17H2,1-4H3/b7-5+/t18-,19-,24+/m0/s1. The summed E-state index contributed by atoms with van der Waals surface area (Å²) < 4.78 is 48.2. The molecule has 1 heterocycles. The molecule has 0 saturated heterocycles. The summed E-state index contributed by atoms with van der Waals surface area (Å²) in [5.74, 6) is -0.126. The fourth-order valence-electron chi connectivity index (χ4n) is 4.07. The van der Waals surface area contributed by atoms with E-state index < -0.39 is 16.1 Å². The van der Waals surface area contributed by atoms with Gasteiger partial charge in [0.25, 0.3) is 0 Å². The van der Waals surface area contributed by atoms with Crippen LogP contribution in [0.3, 0.4) is 0 Å². The quantitative estimate of drug-likeness (QED) is 0.659. The number of likely N-dealkylation sites (N-methyl/N-ethyl adjacent to an activating group) is 1. The van der Waals surface area contributed by atoms with Gasteiger partial charge < -0.3 is 9.84 Å². The van der Waals surface area contributed by atoms with E-state index in [2.05, 4.69) is 0 Å². The highest BCUT2D eigenvalue weighted by Crippen LogP contribution is 2.34. The van der Waals surface area contributed by atoms with Gasteiger partial charge in [-0.25, -0.2) is 12.8 Å². The van der Waals surface area contributed by atoms with Crippen molar-refractivity contribution >= 4 is 16.1 Å². The Morgan fingerprint density at radius 3 is 2.73 bits per heavy atom. The predicted octanol–water partition coefficient (Wildman–Crippen LogP) is 3.76. The maximum Gasteiger partial charge on any atom is 0.247 e. The molecule has 0 amide bonds. The summed E-state index contributed by atoms with van der Waals surface area (Å²) in [6, 6.07) is 11.0. The molecule has 3 atom stereocenters. The lowest BCUT2D eigenvalue weighted by Gasteiger charge is -2.37. The molecule has 1 N–H and O–H groups in total. The van der Waals surface area contributed by atoms with Crippen LogP contribution in [0, 0.1) is 11.7 Å². The van der Waals surface area contributed by atoms with Crippen molar-refractivity contribution in [3.63, 3.8) is 0 Å². The largest absolute Gasteiger partial charge is 0.487 e. The minimum absolute atomic E-state index is 0.0979. The zero-order valence-electron chi connectivity index (χ0n) is 19.6. The lowest BCUT2D eigenvalue weighted by molar-refractivity contribution is 0.0733. The van der Waals surface area contributed by atoms with E-state index in [0.717, 1.165) is 11.1 Å². The van der Waals surface area contributed by atoms with Gasteiger partial charge in [-0.3, -0.25) is 4.90 Å². The zero-order chi connectivity index (χ0) is 24.2. The van der Waals surface area contributed by atoms with E-state index >= 15 is 0 Å². The van der Waals surface area contributed by atoms with Crippen molar-refractivity contribution in [2.75, 3.05) is 26.7 Å². The molecule has 1 aliphatic heterocycles. The smallest absolute Gasteiger partial charge is 0.247 e. The molecule has 0 bridgehead atoms. The zero-order valence-corrected chi connectivity index (χ0v) is 20.4. The van der Waals surface area contributed by atoms with Gasteiger partial charge >= 0.3 is 0 Å². The van der Waals surface area contributed by atoms with Crippen LogP contribution in [0.5, 0.6) is 5.75 Å². The molecule has 0 radical (unpaired) electrons. The molecule has 0 unspecified atom stereocenters. The summed E-state index contributed by atoms with van der Waals surface area (Å²) in [6.07, 6.45) is 3.45. The number of hydrogen-bond donors (Lipinski definition) is 1. The van der Waals surface area contributed by atoms with Crippen molar-refractivity contribution in [3.8, 4) is 5.75 Å². The third-order valence-corrected chi connectivity index (χ3v) is 7.90. The van der Waals surface area contributed by atoms with E-state index in [-0.39, 0.29) is 35.9 Å². The van der Waals surface area contributed by atoms with Crippen LogP contribution in [-0.4, -0.2) is 61.6 Å². The van der Waals surface area contributed by atoms with Crippen LogP contribution < -0.4 is 4.74 Å². The molecule has 6 nitrogen and oxygen atoms in total. The van der Waals surface area contributed by atoms with E-state index in [9.17, 15) is 17.9 Å². The number of halogens is 1. The maximum absolute atomic E-state index is 13.6. The Hall–Kier alpha value is -2.26. The Labute approximate surface area is 196 Å². The van der Waals surface area contributed by atoms with Crippen molar-refractivity contribution in [2.45, 2.75) is 44.4 Å². The molecule has 0 fully saturated rings. The molecule has 0 aromatic heterocycles. The van der Waals surface area contributed by atoms with Gasteiger partial charge in [-0.05, 0) is 56.3 Å². The fraction of sp³-hybridized carbons (Fsp3) is 0.440. The predicted molar refractivity (Wildman–Crippen MR) is 128 cm³/mol. The lowest BCUT2D eigenvalue weighted by Crippen LogP contribution is -2.49. The number of rotatable bonds is 7. The molecule has 0 saturated carbocycles. The number of fused-ring (bicyclic) bond motifs is 1. The van der Waals surface area contributed by atoms with E-state index in [1.807, 2.05) is 44.0 Å². The average molecular weight is 477 g/mol. The topological polar surface area (TPSA) is 70.1 Å². The van der Waals surface area contributed by atoms with Crippen molar-refractivity contribution in [2.24, 2.45) is 5.92 Å². The molecule has 2 aromatic rings. The number of aliphatic hydroxyl groups is 1. The molecule has 0 aliphatic carbocycles.